The molecule has 25 heavy (non-hydrogen) atoms. The molecule has 0 saturated heterocycles. The monoisotopic (exact) mass is 337 g/mol. The third kappa shape index (κ3) is 4.15. The first-order valence-corrected chi connectivity index (χ1v) is 8.40. The molecular weight excluding hydrogens is 314 g/mol. The number of hydrogen-bond acceptors (Lipinski definition) is 3. The second-order valence-corrected chi connectivity index (χ2v) is 6.26. The van der Waals surface area contributed by atoms with Crippen LogP contribution in [-0.2, 0) is 31.1 Å². The van der Waals surface area contributed by atoms with Gasteiger partial charge in [0, 0.05) is 30.1 Å². The number of hydrogen-bond donors (Lipinski definition) is 2. The molecule has 2 heterocycles. The van der Waals surface area contributed by atoms with Crippen molar-refractivity contribution in [2.75, 3.05) is 5.32 Å². The molecule has 0 fully saturated rings. The third-order valence-corrected chi connectivity index (χ3v) is 4.42. The SMILES string of the molecule is Cc1nn(C)c(C)c1CC(=O)Nc1cc(CCc2ccccc2)[nH]n1. The molecule has 6 nitrogen and oxygen atoms in total. The van der Waals surface area contributed by atoms with Crippen LogP contribution in [0.15, 0.2) is 36.4 Å². The van der Waals surface area contributed by atoms with Crippen molar-refractivity contribution in [2.24, 2.45) is 7.05 Å². The maximum atomic E-state index is 12.3. The first kappa shape index (κ1) is 17.0. The summed E-state index contributed by atoms with van der Waals surface area (Å²) in [7, 11) is 1.89. The van der Waals surface area contributed by atoms with E-state index in [1.54, 1.807) is 4.68 Å². The predicted octanol–water partition coefficient (Wildman–Crippen LogP) is 2.73. The molecule has 0 aliphatic rings. The van der Waals surface area contributed by atoms with Crippen molar-refractivity contribution in [1.82, 2.24) is 20.0 Å². The molecule has 0 aliphatic heterocycles. The largest absolute Gasteiger partial charge is 0.309 e. The number of anilines is 1. The van der Waals surface area contributed by atoms with E-state index in [4.69, 9.17) is 0 Å². The third-order valence-electron chi connectivity index (χ3n) is 4.42. The van der Waals surface area contributed by atoms with Crippen molar-refractivity contribution in [3.05, 3.63) is 64.6 Å². The second-order valence-electron chi connectivity index (χ2n) is 6.26. The van der Waals surface area contributed by atoms with Crippen LogP contribution >= 0.6 is 0 Å². The van der Waals surface area contributed by atoms with Gasteiger partial charge in [-0.15, -0.1) is 0 Å². The van der Waals surface area contributed by atoms with Crippen LogP contribution in [-0.4, -0.2) is 25.9 Å². The van der Waals surface area contributed by atoms with Crippen LogP contribution in [0.4, 0.5) is 5.82 Å². The molecule has 1 aromatic carbocycles. The molecule has 1 amide bonds. The molecule has 0 spiro atoms. The van der Waals surface area contributed by atoms with E-state index in [9.17, 15) is 4.79 Å². The number of amides is 1. The van der Waals surface area contributed by atoms with E-state index in [1.807, 2.05) is 45.2 Å². The zero-order chi connectivity index (χ0) is 17.8. The minimum atomic E-state index is -0.0830. The lowest BCUT2D eigenvalue weighted by molar-refractivity contribution is -0.115. The zero-order valence-corrected chi connectivity index (χ0v) is 14.8. The van der Waals surface area contributed by atoms with E-state index >= 15 is 0 Å². The van der Waals surface area contributed by atoms with Crippen LogP contribution in [0, 0.1) is 13.8 Å². The highest BCUT2D eigenvalue weighted by atomic mass is 16.1. The van der Waals surface area contributed by atoms with E-state index < -0.39 is 0 Å². The minimum absolute atomic E-state index is 0.0830. The van der Waals surface area contributed by atoms with Gasteiger partial charge in [-0.05, 0) is 32.3 Å². The average molecular weight is 337 g/mol. The van der Waals surface area contributed by atoms with Gasteiger partial charge in [-0.3, -0.25) is 14.6 Å². The highest BCUT2D eigenvalue weighted by molar-refractivity contribution is 5.91. The highest BCUT2D eigenvalue weighted by Gasteiger charge is 2.14. The molecule has 0 saturated carbocycles. The molecule has 130 valence electrons. The smallest absolute Gasteiger partial charge is 0.230 e. The predicted molar refractivity (Wildman–Crippen MR) is 97.5 cm³/mol. The van der Waals surface area contributed by atoms with Crippen LogP contribution in [0.3, 0.4) is 0 Å². The number of aromatic nitrogens is 4. The topological polar surface area (TPSA) is 75.6 Å². The van der Waals surface area contributed by atoms with Gasteiger partial charge in [0.1, 0.15) is 0 Å². The van der Waals surface area contributed by atoms with Crippen molar-refractivity contribution in [1.29, 1.82) is 0 Å². The van der Waals surface area contributed by atoms with Crippen molar-refractivity contribution in [2.45, 2.75) is 33.1 Å². The Morgan fingerprint density at radius 2 is 1.96 bits per heavy atom. The summed E-state index contributed by atoms with van der Waals surface area (Å²) in [6.07, 6.45) is 2.09. The average Bonchev–Trinajstić information content (AvgIpc) is 3.14. The number of rotatable bonds is 6. The molecule has 2 aromatic heterocycles. The van der Waals surface area contributed by atoms with Crippen LogP contribution in [0.5, 0.6) is 0 Å². The van der Waals surface area contributed by atoms with Gasteiger partial charge in [-0.2, -0.15) is 10.2 Å². The van der Waals surface area contributed by atoms with Gasteiger partial charge in [-0.1, -0.05) is 30.3 Å². The molecule has 0 bridgehead atoms. The zero-order valence-electron chi connectivity index (χ0n) is 14.8. The molecule has 2 N–H and O–H groups in total. The number of nitrogens with one attached hydrogen (secondary N) is 2. The molecule has 0 aliphatic carbocycles. The summed E-state index contributed by atoms with van der Waals surface area (Å²) in [6.45, 7) is 3.89. The van der Waals surface area contributed by atoms with E-state index in [1.165, 1.54) is 5.56 Å². The lowest BCUT2D eigenvalue weighted by atomic mass is 10.1. The van der Waals surface area contributed by atoms with Gasteiger partial charge >= 0.3 is 0 Å². The molecule has 3 rings (SSSR count). The fourth-order valence-electron chi connectivity index (χ4n) is 2.90. The Kier molecular flexibility index (Phi) is 4.97. The van der Waals surface area contributed by atoms with Crippen molar-refractivity contribution >= 4 is 11.7 Å². The highest BCUT2D eigenvalue weighted by Crippen LogP contribution is 2.14. The Morgan fingerprint density at radius 3 is 2.64 bits per heavy atom. The Morgan fingerprint density at radius 1 is 1.20 bits per heavy atom. The minimum Gasteiger partial charge on any atom is -0.309 e. The number of aryl methyl sites for hydroxylation is 4. The first-order valence-electron chi connectivity index (χ1n) is 8.40. The number of carbonyl (C=O) groups excluding carboxylic acids is 1. The number of benzene rings is 1. The number of nitrogens with zero attached hydrogens (tertiary/aromatic N) is 3. The van der Waals surface area contributed by atoms with Crippen molar-refractivity contribution in [3.63, 3.8) is 0 Å². The second kappa shape index (κ2) is 7.34. The Labute approximate surface area is 147 Å². The van der Waals surface area contributed by atoms with Crippen molar-refractivity contribution in [3.8, 4) is 0 Å². The summed E-state index contributed by atoms with van der Waals surface area (Å²) in [5.41, 5.74) is 5.16. The van der Waals surface area contributed by atoms with Gasteiger partial charge < -0.3 is 5.32 Å². The Bertz CT molecular complexity index is 863. The van der Waals surface area contributed by atoms with Crippen LogP contribution in [0.25, 0.3) is 0 Å². The molecule has 0 radical (unpaired) electrons. The molecular formula is C19H23N5O. The maximum Gasteiger partial charge on any atom is 0.230 e. The standard InChI is InChI=1S/C19H23N5O/c1-13-17(14(2)24(3)23-13)12-19(25)20-18-11-16(21-22-18)10-9-15-7-5-4-6-8-15/h4-8,11H,9-10,12H2,1-3H3,(H2,20,21,22,25). The van der Waals surface area contributed by atoms with Crippen LogP contribution < -0.4 is 5.32 Å². The summed E-state index contributed by atoms with van der Waals surface area (Å²) in [4.78, 5) is 12.3. The molecule has 3 aromatic rings. The van der Waals surface area contributed by atoms with Crippen LogP contribution in [0.2, 0.25) is 0 Å². The van der Waals surface area contributed by atoms with E-state index in [2.05, 4.69) is 32.7 Å². The van der Waals surface area contributed by atoms with Gasteiger partial charge in [-0.25, -0.2) is 0 Å². The lowest BCUT2D eigenvalue weighted by Crippen LogP contribution is -2.15. The number of H-pyrrole nitrogens is 1. The lowest BCUT2D eigenvalue weighted by Gasteiger charge is -2.02. The van der Waals surface area contributed by atoms with E-state index in [0.717, 1.165) is 35.5 Å². The summed E-state index contributed by atoms with van der Waals surface area (Å²) in [6, 6.07) is 12.2. The number of carbonyl (C=O) groups is 1. The molecule has 0 atom stereocenters. The molecule has 6 heteroatoms. The van der Waals surface area contributed by atoms with E-state index in [0.29, 0.717) is 12.2 Å². The van der Waals surface area contributed by atoms with Gasteiger partial charge in [0.2, 0.25) is 5.91 Å². The summed E-state index contributed by atoms with van der Waals surface area (Å²) < 4.78 is 1.80. The normalized spacial score (nSPS) is 10.8. The van der Waals surface area contributed by atoms with E-state index in [-0.39, 0.29) is 5.91 Å². The van der Waals surface area contributed by atoms with Crippen LogP contribution in [0.1, 0.15) is 28.2 Å². The fourth-order valence-corrected chi connectivity index (χ4v) is 2.90. The van der Waals surface area contributed by atoms with Gasteiger partial charge in [0.25, 0.3) is 0 Å². The Hall–Kier alpha value is -2.89. The van der Waals surface area contributed by atoms with Crippen molar-refractivity contribution < 1.29 is 4.79 Å². The van der Waals surface area contributed by atoms with Gasteiger partial charge in [0.15, 0.2) is 5.82 Å². The summed E-state index contributed by atoms with van der Waals surface area (Å²) >= 11 is 0. The fraction of sp³-hybridized carbons (Fsp3) is 0.316. The Balaban J connectivity index is 1.56. The quantitative estimate of drug-likeness (QED) is 0.726. The maximum absolute atomic E-state index is 12.3. The molecule has 0 unspecified atom stereocenters. The number of aromatic amines is 1. The summed E-state index contributed by atoms with van der Waals surface area (Å²) in [5, 5.41) is 14.4. The first-order chi connectivity index (χ1) is 12.0. The van der Waals surface area contributed by atoms with Gasteiger partial charge in [0.05, 0.1) is 12.1 Å². The summed E-state index contributed by atoms with van der Waals surface area (Å²) in [5.74, 6) is 0.479.